The molecule has 0 radical (unpaired) electrons. The number of hydrogen-bond acceptors (Lipinski definition) is 3. The van der Waals surface area contributed by atoms with Gasteiger partial charge in [-0.25, -0.2) is 0 Å². The summed E-state index contributed by atoms with van der Waals surface area (Å²) in [6, 6.07) is 0. The Morgan fingerprint density at radius 3 is 2.88 bits per heavy atom. The van der Waals surface area contributed by atoms with Crippen molar-refractivity contribution in [1.82, 2.24) is 0 Å². The first-order valence-corrected chi connectivity index (χ1v) is 9.87. The zero-order valence-corrected chi connectivity index (χ0v) is 15.8. The number of unbranched alkanes of at least 4 members (excludes halogenated alkanes) is 1. The van der Waals surface area contributed by atoms with Gasteiger partial charge in [-0.05, 0) is 57.3 Å². The third-order valence-corrected chi connectivity index (χ3v) is 5.86. The minimum Gasteiger partial charge on any atom is -0.392 e. The molecule has 2 rings (SSSR count). The van der Waals surface area contributed by atoms with Crippen LogP contribution in [0.25, 0.3) is 0 Å². The molecule has 0 bridgehead atoms. The van der Waals surface area contributed by atoms with E-state index in [-0.39, 0.29) is 17.9 Å². The zero-order chi connectivity index (χ0) is 18.4. The summed E-state index contributed by atoms with van der Waals surface area (Å²) < 4.78 is 0. The van der Waals surface area contributed by atoms with Crippen LogP contribution in [-0.4, -0.2) is 27.8 Å². The van der Waals surface area contributed by atoms with Gasteiger partial charge in [0.25, 0.3) is 0 Å². The van der Waals surface area contributed by atoms with Gasteiger partial charge in [0.15, 0.2) is 0 Å². The minimum atomic E-state index is -0.649. The van der Waals surface area contributed by atoms with Crippen LogP contribution in [0.1, 0.15) is 71.6 Å². The van der Waals surface area contributed by atoms with Gasteiger partial charge in [0.05, 0.1) is 11.7 Å². The zero-order valence-electron chi connectivity index (χ0n) is 15.8. The second-order valence-corrected chi connectivity index (χ2v) is 8.29. The van der Waals surface area contributed by atoms with Crippen molar-refractivity contribution in [1.29, 1.82) is 0 Å². The molecule has 1 saturated carbocycles. The maximum Gasteiger partial charge on any atom is 0.217 e. The number of carbonyl (C=O) groups is 1. The number of aliphatic hydroxyl groups is 2. The van der Waals surface area contributed by atoms with Crippen LogP contribution in [-0.2, 0) is 4.79 Å². The third-order valence-electron chi connectivity index (χ3n) is 5.86. The molecule has 0 spiro atoms. The van der Waals surface area contributed by atoms with Gasteiger partial charge in [-0.3, -0.25) is 4.79 Å². The molecule has 25 heavy (non-hydrogen) atoms. The van der Waals surface area contributed by atoms with E-state index in [4.69, 9.17) is 5.73 Å². The smallest absolute Gasteiger partial charge is 0.217 e. The number of nitrogens with two attached hydrogens (primary N) is 1. The molecule has 2 aliphatic carbocycles. The molecule has 5 atom stereocenters. The first-order valence-electron chi connectivity index (χ1n) is 9.87. The quantitative estimate of drug-likeness (QED) is 0.528. The second kappa shape index (κ2) is 9.00. The SMILES string of the molecule is CCCC[C@](C)(O)C/C=C/[C@@H]1[C@H]2CC(CCCC(N)=O)=C[C@H]2C[C@H]1O. The van der Waals surface area contributed by atoms with Gasteiger partial charge in [-0.1, -0.05) is 43.6 Å². The number of carbonyl (C=O) groups excluding carboxylic acids is 1. The Morgan fingerprint density at radius 1 is 1.44 bits per heavy atom. The summed E-state index contributed by atoms with van der Waals surface area (Å²) in [5.74, 6) is 0.867. The van der Waals surface area contributed by atoms with Crippen molar-refractivity contribution in [3.63, 3.8) is 0 Å². The summed E-state index contributed by atoms with van der Waals surface area (Å²) in [6.07, 6.45) is 13.9. The molecule has 4 nitrogen and oxygen atoms in total. The highest BCUT2D eigenvalue weighted by molar-refractivity contribution is 5.73. The van der Waals surface area contributed by atoms with E-state index in [0.29, 0.717) is 24.7 Å². The monoisotopic (exact) mass is 349 g/mol. The van der Waals surface area contributed by atoms with Crippen LogP contribution in [0, 0.1) is 17.8 Å². The average molecular weight is 350 g/mol. The highest BCUT2D eigenvalue weighted by Crippen LogP contribution is 2.48. The molecule has 142 valence electrons. The lowest BCUT2D eigenvalue weighted by atomic mass is 9.87. The van der Waals surface area contributed by atoms with Crippen LogP contribution >= 0.6 is 0 Å². The predicted octanol–water partition coefficient (Wildman–Crippen LogP) is 3.47. The van der Waals surface area contributed by atoms with E-state index in [1.807, 2.05) is 6.92 Å². The van der Waals surface area contributed by atoms with Crippen LogP contribution < -0.4 is 5.73 Å². The van der Waals surface area contributed by atoms with Gasteiger partial charge in [-0.2, -0.15) is 0 Å². The molecule has 1 fully saturated rings. The van der Waals surface area contributed by atoms with Crippen molar-refractivity contribution in [2.24, 2.45) is 23.5 Å². The Morgan fingerprint density at radius 2 is 2.20 bits per heavy atom. The van der Waals surface area contributed by atoms with Crippen LogP contribution in [0.3, 0.4) is 0 Å². The van der Waals surface area contributed by atoms with E-state index < -0.39 is 5.60 Å². The number of primary amides is 1. The van der Waals surface area contributed by atoms with E-state index in [1.165, 1.54) is 5.57 Å². The summed E-state index contributed by atoms with van der Waals surface area (Å²) in [6.45, 7) is 4.03. The normalized spacial score (nSPS) is 31.1. The van der Waals surface area contributed by atoms with Crippen molar-refractivity contribution in [2.45, 2.75) is 83.3 Å². The molecular weight excluding hydrogens is 314 g/mol. The number of rotatable bonds is 10. The molecule has 0 unspecified atom stereocenters. The summed E-state index contributed by atoms with van der Waals surface area (Å²) >= 11 is 0. The minimum absolute atomic E-state index is 0.178. The number of aliphatic hydroxyl groups excluding tert-OH is 1. The van der Waals surface area contributed by atoms with Crippen molar-refractivity contribution < 1.29 is 15.0 Å². The van der Waals surface area contributed by atoms with Crippen molar-refractivity contribution >= 4 is 5.91 Å². The summed E-state index contributed by atoms with van der Waals surface area (Å²) in [5, 5.41) is 20.8. The van der Waals surface area contributed by atoms with Gasteiger partial charge in [0.2, 0.25) is 5.91 Å². The summed E-state index contributed by atoms with van der Waals surface area (Å²) in [5.41, 5.74) is 5.97. The molecule has 1 amide bonds. The van der Waals surface area contributed by atoms with E-state index in [2.05, 4.69) is 25.2 Å². The maximum absolute atomic E-state index is 10.9. The summed E-state index contributed by atoms with van der Waals surface area (Å²) in [7, 11) is 0. The molecular formula is C21H35NO3. The Kier molecular flexibility index (Phi) is 7.26. The number of fused-ring (bicyclic) bond motifs is 1. The molecule has 4 N–H and O–H groups in total. The van der Waals surface area contributed by atoms with Crippen molar-refractivity contribution in [3.8, 4) is 0 Å². The number of amides is 1. The first-order chi connectivity index (χ1) is 11.8. The summed E-state index contributed by atoms with van der Waals surface area (Å²) in [4.78, 5) is 10.9. The number of allylic oxidation sites excluding steroid dienone is 2. The highest BCUT2D eigenvalue weighted by atomic mass is 16.3. The van der Waals surface area contributed by atoms with Gasteiger partial charge < -0.3 is 15.9 Å². The topological polar surface area (TPSA) is 83.5 Å². The standard InChI is InChI=1S/C21H35NO3/c1-3-4-10-21(2,25)11-6-8-17-18-13-15(7-5-9-20(22)24)12-16(18)14-19(17)23/h6,8,12,16-19,23,25H,3-5,7,9-11,13-14H2,1-2H3,(H2,22,24)/b8-6+/t16-,17+,18-,19+,21-/m0/s1. The van der Waals surface area contributed by atoms with E-state index >= 15 is 0 Å². The first kappa shape index (κ1) is 20.2. The highest BCUT2D eigenvalue weighted by Gasteiger charge is 2.43. The Bertz CT molecular complexity index is 509. The van der Waals surface area contributed by atoms with E-state index in [0.717, 1.165) is 44.9 Å². The van der Waals surface area contributed by atoms with E-state index in [1.54, 1.807) is 0 Å². The molecule has 4 heteroatoms. The van der Waals surface area contributed by atoms with Crippen LogP contribution in [0.4, 0.5) is 0 Å². The molecule has 0 aromatic heterocycles. The van der Waals surface area contributed by atoms with Gasteiger partial charge in [-0.15, -0.1) is 0 Å². The lowest BCUT2D eigenvalue weighted by Crippen LogP contribution is -2.23. The molecule has 0 saturated heterocycles. The lowest BCUT2D eigenvalue weighted by Gasteiger charge is -2.22. The molecule has 0 aliphatic heterocycles. The maximum atomic E-state index is 10.9. The van der Waals surface area contributed by atoms with Crippen LogP contribution in [0.15, 0.2) is 23.8 Å². The average Bonchev–Trinajstić information content (AvgIpc) is 3.03. The fraction of sp³-hybridized carbons (Fsp3) is 0.762. The van der Waals surface area contributed by atoms with Crippen LogP contribution in [0.2, 0.25) is 0 Å². The van der Waals surface area contributed by atoms with Gasteiger partial charge in [0.1, 0.15) is 0 Å². The Labute approximate surface area is 152 Å². The largest absolute Gasteiger partial charge is 0.392 e. The molecule has 0 aromatic carbocycles. The third kappa shape index (κ3) is 5.96. The van der Waals surface area contributed by atoms with E-state index in [9.17, 15) is 15.0 Å². The molecule has 0 aromatic rings. The fourth-order valence-corrected chi connectivity index (χ4v) is 4.42. The van der Waals surface area contributed by atoms with Gasteiger partial charge in [0, 0.05) is 12.3 Å². The van der Waals surface area contributed by atoms with Crippen molar-refractivity contribution in [2.75, 3.05) is 0 Å². The Hall–Kier alpha value is -1.13. The fourth-order valence-electron chi connectivity index (χ4n) is 4.42. The second-order valence-electron chi connectivity index (χ2n) is 8.29. The predicted molar refractivity (Wildman–Crippen MR) is 101 cm³/mol. The molecule has 0 heterocycles. The van der Waals surface area contributed by atoms with Crippen molar-refractivity contribution in [3.05, 3.63) is 23.8 Å². The Balaban J connectivity index is 1.85. The number of hydrogen-bond donors (Lipinski definition) is 3. The molecule has 2 aliphatic rings. The lowest BCUT2D eigenvalue weighted by molar-refractivity contribution is -0.118. The van der Waals surface area contributed by atoms with Gasteiger partial charge >= 0.3 is 0 Å². The van der Waals surface area contributed by atoms with Crippen LogP contribution in [0.5, 0.6) is 0 Å².